The Kier molecular flexibility index (Phi) is 7.21. The minimum absolute atomic E-state index is 0.0815. The number of hydrogen-bond acceptors (Lipinski definition) is 6. The van der Waals surface area contributed by atoms with Crippen molar-refractivity contribution in [3.63, 3.8) is 0 Å². The minimum Gasteiger partial charge on any atom is -0.492 e. The molecule has 0 atom stereocenters. The van der Waals surface area contributed by atoms with Crippen molar-refractivity contribution in [1.29, 1.82) is 0 Å². The van der Waals surface area contributed by atoms with E-state index in [4.69, 9.17) is 10.5 Å². The zero-order valence-corrected chi connectivity index (χ0v) is 18.6. The van der Waals surface area contributed by atoms with Crippen LogP contribution in [0, 0.1) is 0 Å². The number of hydrogen-bond donors (Lipinski definition) is 2. The number of rotatable bonds is 8. The maximum atomic E-state index is 12.6. The standard InChI is InChI=1S/C23H30N4O3S/c24-22(29)21-18-8-4-5-9-19(18)31-23(21)25-20(28)16-27-12-10-26(11-13-27)14-15-30-17-6-2-1-3-7-17/h1-3,6-7H,4-5,8-16H2,(H2,24,29)(H,25,28). The van der Waals surface area contributed by atoms with Crippen molar-refractivity contribution in [3.8, 4) is 5.75 Å². The summed E-state index contributed by atoms with van der Waals surface area (Å²) >= 11 is 1.51. The number of nitrogens with two attached hydrogens (primary N) is 1. The Morgan fingerprint density at radius 1 is 1.03 bits per heavy atom. The molecular formula is C23H30N4O3S. The number of fused-ring (bicyclic) bond motifs is 1. The summed E-state index contributed by atoms with van der Waals surface area (Å²) in [6, 6.07) is 9.84. The SMILES string of the molecule is NC(=O)c1c(NC(=O)CN2CCN(CCOc3ccccc3)CC2)sc2c1CCCC2. The summed E-state index contributed by atoms with van der Waals surface area (Å²) in [7, 11) is 0. The molecular weight excluding hydrogens is 412 g/mol. The molecule has 7 nitrogen and oxygen atoms in total. The number of carbonyl (C=O) groups excluding carboxylic acids is 2. The summed E-state index contributed by atoms with van der Waals surface area (Å²) < 4.78 is 5.78. The number of amides is 2. The number of aryl methyl sites for hydroxylation is 1. The summed E-state index contributed by atoms with van der Waals surface area (Å²) in [4.78, 5) is 30.3. The zero-order valence-electron chi connectivity index (χ0n) is 17.8. The molecule has 1 aliphatic carbocycles. The first-order valence-electron chi connectivity index (χ1n) is 11.0. The number of anilines is 1. The van der Waals surface area contributed by atoms with Crippen LogP contribution < -0.4 is 15.8 Å². The molecule has 8 heteroatoms. The predicted molar refractivity (Wildman–Crippen MR) is 123 cm³/mol. The van der Waals surface area contributed by atoms with Crippen molar-refractivity contribution in [1.82, 2.24) is 9.80 Å². The summed E-state index contributed by atoms with van der Waals surface area (Å²) in [5.41, 5.74) is 7.20. The van der Waals surface area contributed by atoms with Crippen LogP contribution in [0.5, 0.6) is 5.75 Å². The monoisotopic (exact) mass is 442 g/mol. The fourth-order valence-corrected chi connectivity index (χ4v) is 5.58. The molecule has 1 saturated heterocycles. The first-order chi connectivity index (χ1) is 15.1. The van der Waals surface area contributed by atoms with Gasteiger partial charge in [-0.1, -0.05) is 18.2 Å². The molecule has 4 rings (SSSR count). The lowest BCUT2D eigenvalue weighted by Crippen LogP contribution is -2.49. The van der Waals surface area contributed by atoms with Gasteiger partial charge >= 0.3 is 0 Å². The summed E-state index contributed by atoms with van der Waals surface area (Å²) in [5.74, 6) is 0.367. The number of para-hydroxylation sites is 1. The second kappa shape index (κ2) is 10.3. The molecule has 1 aromatic carbocycles. The van der Waals surface area contributed by atoms with E-state index in [0.717, 1.165) is 69.7 Å². The van der Waals surface area contributed by atoms with E-state index in [9.17, 15) is 9.59 Å². The molecule has 0 spiro atoms. The minimum atomic E-state index is -0.443. The van der Waals surface area contributed by atoms with Gasteiger partial charge in [-0.2, -0.15) is 0 Å². The smallest absolute Gasteiger partial charge is 0.251 e. The topological polar surface area (TPSA) is 87.9 Å². The Hall–Kier alpha value is -2.42. The number of nitrogens with one attached hydrogen (secondary N) is 1. The van der Waals surface area contributed by atoms with E-state index >= 15 is 0 Å². The van der Waals surface area contributed by atoms with Gasteiger partial charge in [0.05, 0.1) is 12.1 Å². The molecule has 166 valence electrons. The largest absolute Gasteiger partial charge is 0.492 e. The Balaban J connectivity index is 1.22. The van der Waals surface area contributed by atoms with Gasteiger partial charge in [0.1, 0.15) is 17.4 Å². The average molecular weight is 443 g/mol. The van der Waals surface area contributed by atoms with Gasteiger partial charge in [0.2, 0.25) is 5.91 Å². The van der Waals surface area contributed by atoms with Gasteiger partial charge < -0.3 is 15.8 Å². The van der Waals surface area contributed by atoms with E-state index < -0.39 is 5.91 Å². The molecule has 31 heavy (non-hydrogen) atoms. The van der Waals surface area contributed by atoms with Gasteiger partial charge in [-0.25, -0.2) is 0 Å². The highest BCUT2D eigenvalue weighted by Gasteiger charge is 2.26. The Bertz CT molecular complexity index is 907. The van der Waals surface area contributed by atoms with E-state index in [1.165, 1.54) is 16.2 Å². The third-order valence-electron chi connectivity index (χ3n) is 5.92. The second-order valence-corrected chi connectivity index (χ2v) is 9.21. The van der Waals surface area contributed by atoms with Crippen molar-refractivity contribution < 1.29 is 14.3 Å². The van der Waals surface area contributed by atoms with Crippen LogP contribution in [0.25, 0.3) is 0 Å². The fraction of sp³-hybridized carbons (Fsp3) is 0.478. The van der Waals surface area contributed by atoms with Crippen LogP contribution in [0.4, 0.5) is 5.00 Å². The second-order valence-electron chi connectivity index (χ2n) is 8.11. The van der Waals surface area contributed by atoms with Gasteiger partial charge in [0.15, 0.2) is 0 Å². The first-order valence-corrected chi connectivity index (χ1v) is 11.8. The molecule has 2 amide bonds. The van der Waals surface area contributed by atoms with Crippen LogP contribution in [0.1, 0.15) is 33.6 Å². The number of thiophene rings is 1. The van der Waals surface area contributed by atoms with Crippen molar-refractivity contribution in [2.45, 2.75) is 25.7 Å². The number of carbonyl (C=O) groups is 2. The Labute approximate surface area is 187 Å². The van der Waals surface area contributed by atoms with Gasteiger partial charge in [0.25, 0.3) is 5.91 Å². The Morgan fingerprint density at radius 3 is 2.48 bits per heavy atom. The third kappa shape index (κ3) is 5.64. The number of benzene rings is 1. The fourth-order valence-electron chi connectivity index (χ4n) is 4.26. The van der Waals surface area contributed by atoms with E-state index in [-0.39, 0.29) is 5.91 Å². The molecule has 0 saturated carbocycles. The molecule has 1 fully saturated rings. The van der Waals surface area contributed by atoms with Gasteiger partial charge in [0, 0.05) is 37.6 Å². The van der Waals surface area contributed by atoms with E-state index in [1.807, 2.05) is 30.3 Å². The number of nitrogens with zero attached hydrogens (tertiary/aromatic N) is 2. The molecule has 1 aliphatic heterocycles. The molecule has 0 unspecified atom stereocenters. The maximum Gasteiger partial charge on any atom is 0.251 e. The molecule has 0 bridgehead atoms. The summed E-state index contributed by atoms with van der Waals surface area (Å²) in [6.45, 7) is 5.34. The van der Waals surface area contributed by atoms with Crippen LogP contribution in [0.2, 0.25) is 0 Å². The number of primary amides is 1. The van der Waals surface area contributed by atoms with E-state index in [2.05, 4.69) is 15.1 Å². The Morgan fingerprint density at radius 2 is 1.74 bits per heavy atom. The summed E-state index contributed by atoms with van der Waals surface area (Å²) in [6.07, 6.45) is 4.03. The van der Waals surface area contributed by atoms with Crippen molar-refractivity contribution in [2.75, 3.05) is 51.2 Å². The quantitative estimate of drug-likeness (QED) is 0.655. The van der Waals surface area contributed by atoms with Crippen molar-refractivity contribution in [2.24, 2.45) is 5.73 Å². The number of ether oxygens (including phenoxy) is 1. The molecule has 2 aromatic rings. The predicted octanol–water partition coefficient (Wildman–Crippen LogP) is 2.36. The van der Waals surface area contributed by atoms with E-state index in [0.29, 0.717) is 23.7 Å². The van der Waals surface area contributed by atoms with Crippen molar-refractivity contribution in [3.05, 3.63) is 46.3 Å². The molecule has 3 N–H and O–H groups in total. The molecule has 0 radical (unpaired) electrons. The zero-order chi connectivity index (χ0) is 21.6. The molecule has 1 aromatic heterocycles. The van der Waals surface area contributed by atoms with E-state index in [1.54, 1.807) is 0 Å². The highest BCUT2D eigenvalue weighted by atomic mass is 32.1. The van der Waals surface area contributed by atoms with Crippen molar-refractivity contribution >= 4 is 28.2 Å². The summed E-state index contributed by atoms with van der Waals surface area (Å²) in [5, 5.41) is 3.59. The highest BCUT2D eigenvalue weighted by Crippen LogP contribution is 2.37. The highest BCUT2D eigenvalue weighted by molar-refractivity contribution is 7.17. The van der Waals surface area contributed by atoms with Crippen LogP contribution in [-0.4, -0.2) is 67.5 Å². The number of piperazine rings is 1. The van der Waals surface area contributed by atoms with Crippen LogP contribution in [-0.2, 0) is 17.6 Å². The van der Waals surface area contributed by atoms with Crippen LogP contribution in [0.3, 0.4) is 0 Å². The maximum absolute atomic E-state index is 12.6. The molecule has 2 aliphatic rings. The van der Waals surface area contributed by atoms with Crippen LogP contribution >= 0.6 is 11.3 Å². The lowest BCUT2D eigenvalue weighted by atomic mass is 9.95. The normalized spacial score (nSPS) is 17.2. The first kappa shape index (κ1) is 21.8. The van der Waals surface area contributed by atoms with Gasteiger partial charge in [-0.3, -0.25) is 19.4 Å². The lowest BCUT2D eigenvalue weighted by molar-refractivity contribution is -0.117. The van der Waals surface area contributed by atoms with Crippen LogP contribution in [0.15, 0.2) is 30.3 Å². The van der Waals surface area contributed by atoms with Gasteiger partial charge in [-0.15, -0.1) is 11.3 Å². The average Bonchev–Trinajstić information content (AvgIpc) is 3.13. The van der Waals surface area contributed by atoms with Gasteiger partial charge in [-0.05, 0) is 43.4 Å². The lowest BCUT2D eigenvalue weighted by Gasteiger charge is -2.34. The third-order valence-corrected chi connectivity index (χ3v) is 7.13. The molecule has 2 heterocycles.